The average molecular weight is 401 g/mol. The maximum atomic E-state index is 12.6. The first-order valence-corrected chi connectivity index (χ1v) is 9.33. The molecule has 3 rings (SSSR count). The van der Waals surface area contributed by atoms with Crippen molar-refractivity contribution >= 4 is 11.9 Å². The molecule has 1 aliphatic rings. The Morgan fingerprint density at radius 3 is 2.69 bits per heavy atom. The Morgan fingerprint density at radius 2 is 2.03 bits per heavy atom. The van der Waals surface area contributed by atoms with Crippen LogP contribution < -0.4 is 19.8 Å². The van der Waals surface area contributed by atoms with Crippen LogP contribution in [0.3, 0.4) is 0 Å². The predicted octanol–water partition coefficient (Wildman–Crippen LogP) is 2.79. The lowest BCUT2D eigenvalue weighted by Gasteiger charge is -2.26. The van der Waals surface area contributed by atoms with E-state index < -0.39 is 23.4 Å². The molecular formula is C21H23NO7. The second kappa shape index (κ2) is 8.38. The largest absolute Gasteiger partial charge is 0.493 e. The zero-order chi connectivity index (χ0) is 21.1. The molecule has 1 atom stereocenters. The highest BCUT2D eigenvalue weighted by molar-refractivity contribution is 5.94. The molecule has 154 valence electrons. The summed E-state index contributed by atoms with van der Waals surface area (Å²) in [6, 6.07) is 5.22. The molecule has 2 heterocycles. The molecule has 0 fully saturated rings. The minimum atomic E-state index is -0.674. The molecule has 0 saturated heterocycles. The number of rotatable bonds is 6. The molecule has 1 aliphatic heterocycles. The summed E-state index contributed by atoms with van der Waals surface area (Å²) in [5, 5.41) is 0. The van der Waals surface area contributed by atoms with Crippen LogP contribution in [-0.4, -0.2) is 36.7 Å². The van der Waals surface area contributed by atoms with Gasteiger partial charge in [-0.05, 0) is 38.5 Å². The van der Waals surface area contributed by atoms with E-state index in [-0.39, 0.29) is 36.0 Å². The number of H-pyrrole nitrogens is 1. The number of hydrogen-bond acceptors (Lipinski definition) is 7. The van der Waals surface area contributed by atoms with Gasteiger partial charge in [-0.25, -0.2) is 4.79 Å². The maximum Gasteiger partial charge on any atom is 0.343 e. The molecule has 0 bridgehead atoms. The van der Waals surface area contributed by atoms with Gasteiger partial charge in [0.05, 0.1) is 31.8 Å². The minimum Gasteiger partial charge on any atom is -0.493 e. The SMILES string of the molecule is CCOC(=O)c1c[nH]c(=O)c2c1OC(=O)C[C@@H]2c1ccc(OC(C)C)c(OC)c1. The Labute approximate surface area is 167 Å². The van der Waals surface area contributed by atoms with Gasteiger partial charge in [0.1, 0.15) is 5.56 Å². The quantitative estimate of drug-likeness (QED) is 0.742. The van der Waals surface area contributed by atoms with Gasteiger partial charge in [-0.1, -0.05) is 6.07 Å². The first-order chi connectivity index (χ1) is 13.8. The van der Waals surface area contributed by atoms with Crippen molar-refractivity contribution in [1.82, 2.24) is 4.98 Å². The fourth-order valence-electron chi connectivity index (χ4n) is 3.28. The average Bonchev–Trinajstić information content (AvgIpc) is 2.67. The molecule has 0 aliphatic carbocycles. The van der Waals surface area contributed by atoms with Crippen molar-refractivity contribution in [2.75, 3.05) is 13.7 Å². The number of methoxy groups -OCH3 is 1. The Hall–Kier alpha value is -3.29. The van der Waals surface area contributed by atoms with Crippen LogP contribution in [0.4, 0.5) is 0 Å². The highest BCUT2D eigenvalue weighted by Gasteiger charge is 2.35. The van der Waals surface area contributed by atoms with Gasteiger partial charge < -0.3 is 23.9 Å². The lowest BCUT2D eigenvalue weighted by Crippen LogP contribution is -2.30. The van der Waals surface area contributed by atoms with E-state index in [1.165, 1.54) is 13.3 Å². The smallest absolute Gasteiger partial charge is 0.343 e. The molecule has 29 heavy (non-hydrogen) atoms. The summed E-state index contributed by atoms with van der Waals surface area (Å²) in [5.74, 6) is -0.846. The highest BCUT2D eigenvalue weighted by Crippen LogP contribution is 2.41. The first kappa shape index (κ1) is 20.4. The third kappa shape index (κ3) is 4.11. The van der Waals surface area contributed by atoms with Crippen LogP contribution >= 0.6 is 0 Å². The molecule has 8 nitrogen and oxygen atoms in total. The standard InChI is InChI=1S/C21H23NO7/c1-5-27-21(25)14-10-22-20(24)18-13(9-17(23)29-19(14)18)12-6-7-15(28-11(2)3)16(8-12)26-4/h6-8,10-11,13H,5,9H2,1-4H3,(H,22,24)/t13-/m1/s1. The fourth-order valence-corrected chi connectivity index (χ4v) is 3.28. The Balaban J connectivity index is 2.12. The topological polar surface area (TPSA) is 104 Å². The van der Waals surface area contributed by atoms with Crippen LogP contribution in [0, 0.1) is 0 Å². The van der Waals surface area contributed by atoms with Crippen molar-refractivity contribution in [3.63, 3.8) is 0 Å². The van der Waals surface area contributed by atoms with Crippen LogP contribution in [0.25, 0.3) is 0 Å². The van der Waals surface area contributed by atoms with Gasteiger partial charge >= 0.3 is 11.9 Å². The summed E-state index contributed by atoms with van der Waals surface area (Å²) in [7, 11) is 1.51. The van der Waals surface area contributed by atoms with Crippen LogP contribution in [0.5, 0.6) is 17.2 Å². The van der Waals surface area contributed by atoms with Crippen LogP contribution in [0.1, 0.15) is 54.6 Å². The molecule has 0 amide bonds. The second-order valence-corrected chi connectivity index (χ2v) is 6.80. The van der Waals surface area contributed by atoms with Crippen LogP contribution in [-0.2, 0) is 9.53 Å². The van der Waals surface area contributed by atoms with Gasteiger partial charge in [0, 0.05) is 12.1 Å². The molecule has 0 spiro atoms. The third-order valence-corrected chi connectivity index (χ3v) is 4.46. The molecule has 2 aromatic rings. The zero-order valence-corrected chi connectivity index (χ0v) is 16.7. The van der Waals surface area contributed by atoms with E-state index in [1.54, 1.807) is 25.1 Å². The maximum absolute atomic E-state index is 12.6. The number of hydrogen-bond donors (Lipinski definition) is 1. The Morgan fingerprint density at radius 1 is 1.28 bits per heavy atom. The van der Waals surface area contributed by atoms with Crippen LogP contribution in [0.15, 0.2) is 29.2 Å². The van der Waals surface area contributed by atoms with Crippen LogP contribution in [0.2, 0.25) is 0 Å². The van der Waals surface area contributed by atoms with Gasteiger partial charge in [0.15, 0.2) is 17.2 Å². The normalized spacial score (nSPS) is 15.5. The summed E-state index contributed by atoms with van der Waals surface area (Å²) < 4.78 is 21.4. The van der Waals surface area contributed by atoms with Crippen molar-refractivity contribution in [2.45, 2.75) is 39.2 Å². The van der Waals surface area contributed by atoms with Gasteiger partial charge in [0.2, 0.25) is 0 Å². The van der Waals surface area contributed by atoms with Gasteiger partial charge in [-0.3, -0.25) is 9.59 Å². The van der Waals surface area contributed by atoms with Gasteiger partial charge in [0.25, 0.3) is 5.56 Å². The lowest BCUT2D eigenvalue weighted by molar-refractivity contribution is -0.135. The van der Waals surface area contributed by atoms with E-state index >= 15 is 0 Å². The number of pyridine rings is 1. The number of esters is 2. The Kier molecular flexibility index (Phi) is 5.91. The van der Waals surface area contributed by atoms with Gasteiger partial charge in [-0.15, -0.1) is 0 Å². The van der Waals surface area contributed by atoms with Crippen molar-refractivity contribution in [1.29, 1.82) is 0 Å². The number of fused-ring (bicyclic) bond motifs is 1. The molecule has 8 heteroatoms. The predicted molar refractivity (Wildman–Crippen MR) is 104 cm³/mol. The summed E-state index contributed by atoms with van der Waals surface area (Å²) in [6.07, 6.45) is 1.11. The van der Waals surface area contributed by atoms with E-state index in [9.17, 15) is 14.4 Å². The molecule has 0 radical (unpaired) electrons. The molecule has 0 saturated carbocycles. The number of carbonyl (C=O) groups excluding carboxylic acids is 2. The number of carbonyl (C=O) groups is 2. The molecule has 1 N–H and O–H groups in total. The fraction of sp³-hybridized carbons (Fsp3) is 0.381. The zero-order valence-electron chi connectivity index (χ0n) is 16.7. The monoisotopic (exact) mass is 401 g/mol. The first-order valence-electron chi connectivity index (χ1n) is 9.33. The van der Waals surface area contributed by atoms with Crippen molar-refractivity contribution in [3.05, 3.63) is 51.4 Å². The Bertz CT molecular complexity index is 993. The summed E-state index contributed by atoms with van der Waals surface area (Å²) in [4.78, 5) is 39.7. The number of benzene rings is 1. The van der Waals surface area contributed by atoms with E-state index in [0.29, 0.717) is 17.1 Å². The van der Waals surface area contributed by atoms with E-state index in [4.69, 9.17) is 18.9 Å². The number of aromatic nitrogens is 1. The minimum absolute atomic E-state index is 0.00577. The van der Waals surface area contributed by atoms with E-state index in [0.717, 1.165) is 0 Å². The van der Waals surface area contributed by atoms with E-state index in [1.807, 2.05) is 13.8 Å². The number of aromatic amines is 1. The molecular weight excluding hydrogens is 378 g/mol. The summed E-state index contributed by atoms with van der Waals surface area (Å²) in [5.41, 5.74) is 0.440. The number of nitrogens with one attached hydrogen (secondary N) is 1. The molecule has 1 aromatic heterocycles. The number of ether oxygens (including phenoxy) is 4. The van der Waals surface area contributed by atoms with Crippen molar-refractivity contribution < 1.29 is 28.5 Å². The summed E-state index contributed by atoms with van der Waals surface area (Å²) >= 11 is 0. The molecule has 1 aromatic carbocycles. The second-order valence-electron chi connectivity index (χ2n) is 6.80. The molecule has 0 unspecified atom stereocenters. The third-order valence-electron chi connectivity index (χ3n) is 4.46. The highest BCUT2D eigenvalue weighted by atomic mass is 16.6. The summed E-state index contributed by atoms with van der Waals surface area (Å²) in [6.45, 7) is 5.62. The van der Waals surface area contributed by atoms with Crippen molar-refractivity contribution in [2.24, 2.45) is 0 Å². The lowest BCUT2D eigenvalue weighted by atomic mass is 9.86. The van der Waals surface area contributed by atoms with E-state index in [2.05, 4.69) is 4.98 Å². The van der Waals surface area contributed by atoms with Gasteiger partial charge in [-0.2, -0.15) is 0 Å². The van der Waals surface area contributed by atoms with Crippen molar-refractivity contribution in [3.8, 4) is 17.2 Å².